The van der Waals surface area contributed by atoms with Gasteiger partial charge in [-0.1, -0.05) is 36.0 Å². The number of carbonyl (C=O) groups excluding carboxylic acids is 1. The molecule has 0 saturated heterocycles. The molecule has 6 nitrogen and oxygen atoms in total. The Bertz CT molecular complexity index is 939. The van der Waals surface area contributed by atoms with Gasteiger partial charge in [0.1, 0.15) is 11.5 Å². The van der Waals surface area contributed by atoms with Crippen LogP contribution >= 0.6 is 11.8 Å². The SMILES string of the molecule is COc1ccccc1C(=O)CSc1nnc(COc2cc(C)ccc2C)o1. The van der Waals surface area contributed by atoms with Crippen LogP contribution < -0.4 is 9.47 Å². The third-order valence-electron chi connectivity index (χ3n) is 3.88. The molecule has 0 aliphatic carbocycles. The number of rotatable bonds is 8. The van der Waals surface area contributed by atoms with Crippen LogP contribution in [0.15, 0.2) is 52.1 Å². The molecule has 27 heavy (non-hydrogen) atoms. The zero-order chi connectivity index (χ0) is 19.2. The van der Waals surface area contributed by atoms with Crippen molar-refractivity contribution in [3.63, 3.8) is 0 Å². The Morgan fingerprint density at radius 2 is 1.93 bits per heavy atom. The van der Waals surface area contributed by atoms with Crippen molar-refractivity contribution < 1.29 is 18.7 Å². The van der Waals surface area contributed by atoms with Gasteiger partial charge in [-0.2, -0.15) is 0 Å². The van der Waals surface area contributed by atoms with Gasteiger partial charge in [-0.05, 0) is 43.2 Å². The van der Waals surface area contributed by atoms with Gasteiger partial charge in [0.15, 0.2) is 12.4 Å². The molecule has 140 valence electrons. The van der Waals surface area contributed by atoms with Crippen molar-refractivity contribution in [2.24, 2.45) is 0 Å². The maximum atomic E-state index is 12.4. The summed E-state index contributed by atoms with van der Waals surface area (Å²) in [6.45, 7) is 4.16. The minimum atomic E-state index is -0.0659. The predicted molar refractivity (Wildman–Crippen MR) is 103 cm³/mol. The van der Waals surface area contributed by atoms with E-state index >= 15 is 0 Å². The van der Waals surface area contributed by atoms with Gasteiger partial charge in [-0.15, -0.1) is 10.2 Å². The fourth-order valence-electron chi connectivity index (χ4n) is 2.44. The third kappa shape index (κ3) is 4.89. The molecule has 0 atom stereocenters. The molecule has 0 unspecified atom stereocenters. The van der Waals surface area contributed by atoms with E-state index in [9.17, 15) is 4.79 Å². The normalized spacial score (nSPS) is 10.6. The summed E-state index contributed by atoms with van der Waals surface area (Å²) in [6.07, 6.45) is 0. The van der Waals surface area contributed by atoms with Crippen LogP contribution in [0.4, 0.5) is 0 Å². The monoisotopic (exact) mass is 384 g/mol. The number of para-hydroxylation sites is 1. The number of carbonyl (C=O) groups is 1. The van der Waals surface area contributed by atoms with Crippen LogP contribution in [0.2, 0.25) is 0 Å². The Morgan fingerprint density at radius 1 is 1.11 bits per heavy atom. The molecule has 0 N–H and O–H groups in total. The fraction of sp³-hybridized carbons (Fsp3) is 0.250. The van der Waals surface area contributed by atoms with Gasteiger partial charge in [-0.3, -0.25) is 4.79 Å². The highest BCUT2D eigenvalue weighted by Gasteiger charge is 2.15. The summed E-state index contributed by atoms with van der Waals surface area (Å²) in [6, 6.07) is 13.1. The molecule has 0 fully saturated rings. The smallest absolute Gasteiger partial charge is 0.277 e. The summed E-state index contributed by atoms with van der Waals surface area (Å²) in [5.41, 5.74) is 2.69. The summed E-state index contributed by atoms with van der Waals surface area (Å²) in [5, 5.41) is 8.26. The number of methoxy groups -OCH3 is 1. The molecule has 0 aliphatic rings. The van der Waals surface area contributed by atoms with Gasteiger partial charge in [-0.25, -0.2) is 0 Å². The number of nitrogens with zero attached hydrogens (tertiary/aromatic N) is 2. The Morgan fingerprint density at radius 3 is 2.74 bits per heavy atom. The number of ketones is 1. The van der Waals surface area contributed by atoms with E-state index in [1.807, 2.05) is 38.1 Å². The van der Waals surface area contributed by atoms with Gasteiger partial charge in [0.05, 0.1) is 18.4 Å². The van der Waals surface area contributed by atoms with Gasteiger partial charge in [0.25, 0.3) is 11.1 Å². The van der Waals surface area contributed by atoms with E-state index in [1.54, 1.807) is 25.3 Å². The van der Waals surface area contributed by atoms with Crippen LogP contribution in [-0.4, -0.2) is 28.8 Å². The minimum Gasteiger partial charge on any atom is -0.496 e. The molecule has 3 rings (SSSR count). The highest BCUT2D eigenvalue weighted by Crippen LogP contribution is 2.24. The molecule has 2 aromatic carbocycles. The maximum absolute atomic E-state index is 12.4. The number of benzene rings is 2. The summed E-state index contributed by atoms with van der Waals surface area (Å²) >= 11 is 1.19. The number of thioether (sulfide) groups is 1. The Hall–Kier alpha value is -2.80. The predicted octanol–water partition coefficient (Wildman–Crippen LogP) is 4.25. The highest BCUT2D eigenvalue weighted by molar-refractivity contribution is 7.99. The van der Waals surface area contributed by atoms with Crippen LogP contribution in [0.3, 0.4) is 0 Å². The molecule has 0 bridgehead atoms. The topological polar surface area (TPSA) is 74.5 Å². The van der Waals surface area contributed by atoms with Crippen LogP contribution in [0, 0.1) is 13.8 Å². The first-order chi connectivity index (χ1) is 13.1. The second-order valence-electron chi connectivity index (χ2n) is 5.93. The number of aromatic nitrogens is 2. The van der Waals surface area contributed by atoms with E-state index in [2.05, 4.69) is 10.2 Å². The zero-order valence-corrected chi connectivity index (χ0v) is 16.2. The lowest BCUT2D eigenvalue weighted by Crippen LogP contribution is -2.04. The molecule has 0 aliphatic heterocycles. The third-order valence-corrected chi connectivity index (χ3v) is 4.70. The number of ether oxygens (including phenoxy) is 2. The Balaban J connectivity index is 1.56. The largest absolute Gasteiger partial charge is 0.496 e. The van der Waals surface area contributed by atoms with E-state index in [0.717, 1.165) is 16.9 Å². The van der Waals surface area contributed by atoms with Crippen molar-refractivity contribution in [2.75, 3.05) is 12.9 Å². The number of hydrogen-bond acceptors (Lipinski definition) is 7. The average Bonchev–Trinajstić information content (AvgIpc) is 3.14. The molecule has 0 radical (unpaired) electrons. The molecule has 0 spiro atoms. The van der Waals surface area contributed by atoms with Crippen molar-refractivity contribution in [3.05, 3.63) is 65.0 Å². The van der Waals surface area contributed by atoms with E-state index in [-0.39, 0.29) is 18.1 Å². The van der Waals surface area contributed by atoms with Gasteiger partial charge in [0, 0.05) is 0 Å². The fourth-order valence-corrected chi connectivity index (χ4v) is 3.10. The molecular formula is C20H20N2O4S. The van der Waals surface area contributed by atoms with E-state index in [1.165, 1.54) is 11.8 Å². The van der Waals surface area contributed by atoms with Crippen LogP contribution in [0.25, 0.3) is 0 Å². The quantitative estimate of drug-likeness (QED) is 0.424. The molecule has 1 heterocycles. The van der Waals surface area contributed by atoms with Gasteiger partial charge < -0.3 is 13.9 Å². The van der Waals surface area contributed by atoms with E-state index < -0.39 is 0 Å². The van der Waals surface area contributed by atoms with Crippen LogP contribution in [0.1, 0.15) is 27.4 Å². The lowest BCUT2D eigenvalue weighted by molar-refractivity contribution is 0.101. The van der Waals surface area contributed by atoms with Crippen molar-refractivity contribution in [2.45, 2.75) is 25.7 Å². The highest BCUT2D eigenvalue weighted by atomic mass is 32.2. The second kappa shape index (κ2) is 8.73. The maximum Gasteiger partial charge on any atom is 0.277 e. The van der Waals surface area contributed by atoms with Crippen molar-refractivity contribution in [1.82, 2.24) is 10.2 Å². The van der Waals surface area contributed by atoms with Gasteiger partial charge in [0.2, 0.25) is 0 Å². The number of aryl methyl sites for hydroxylation is 2. The Labute approximate surface area is 161 Å². The first-order valence-corrected chi connectivity index (χ1v) is 9.37. The zero-order valence-electron chi connectivity index (χ0n) is 15.4. The van der Waals surface area contributed by atoms with Gasteiger partial charge >= 0.3 is 0 Å². The average molecular weight is 384 g/mol. The van der Waals surface area contributed by atoms with Crippen LogP contribution in [0.5, 0.6) is 11.5 Å². The number of hydrogen-bond donors (Lipinski definition) is 0. The molecule has 3 aromatic rings. The Kier molecular flexibility index (Phi) is 6.13. The molecule has 0 saturated carbocycles. The summed E-state index contributed by atoms with van der Waals surface area (Å²) < 4.78 is 16.5. The standard InChI is InChI=1S/C20H20N2O4S/c1-13-8-9-14(2)18(10-13)25-11-19-21-22-20(26-19)27-12-16(23)15-6-4-5-7-17(15)24-3/h4-10H,11-12H2,1-3H3. The first-order valence-electron chi connectivity index (χ1n) is 8.38. The molecular weight excluding hydrogens is 364 g/mol. The summed E-state index contributed by atoms with van der Waals surface area (Å²) in [7, 11) is 1.54. The van der Waals surface area contributed by atoms with E-state index in [4.69, 9.17) is 13.9 Å². The lowest BCUT2D eigenvalue weighted by atomic mass is 10.1. The molecule has 0 amide bonds. The lowest BCUT2D eigenvalue weighted by Gasteiger charge is -2.07. The van der Waals surface area contributed by atoms with Crippen molar-refractivity contribution in [1.29, 1.82) is 0 Å². The minimum absolute atomic E-state index is 0.0659. The molecule has 7 heteroatoms. The first kappa shape index (κ1) is 19.0. The second-order valence-corrected chi connectivity index (χ2v) is 6.86. The summed E-state index contributed by atoms with van der Waals surface area (Å²) in [4.78, 5) is 12.4. The van der Waals surface area contributed by atoms with Crippen LogP contribution in [-0.2, 0) is 6.61 Å². The van der Waals surface area contributed by atoms with E-state index in [0.29, 0.717) is 22.4 Å². The summed E-state index contributed by atoms with van der Waals surface area (Å²) in [5.74, 6) is 1.82. The van der Waals surface area contributed by atoms with Crippen molar-refractivity contribution >= 4 is 17.5 Å². The number of Topliss-reactive ketones (excluding diaryl/α,β-unsaturated/α-hetero) is 1. The van der Waals surface area contributed by atoms with Crippen molar-refractivity contribution in [3.8, 4) is 11.5 Å². The molecule has 1 aromatic heterocycles.